The summed E-state index contributed by atoms with van der Waals surface area (Å²) in [5, 5.41) is 70.5. The highest BCUT2D eigenvalue weighted by molar-refractivity contribution is 5.78. The number of carboxylic acids is 1. The van der Waals surface area contributed by atoms with E-state index in [0.29, 0.717) is 84.0 Å². The lowest BCUT2D eigenvalue weighted by Gasteiger charge is -2.42. The molecular weight excluding hydrogens is 1090 g/mol. The molecule has 4 bridgehead atoms. The van der Waals surface area contributed by atoms with Crippen molar-refractivity contribution in [3.63, 3.8) is 0 Å². The Morgan fingerprint density at radius 1 is 0.458 bits per heavy atom. The maximum absolute atomic E-state index is 12.9. The van der Waals surface area contributed by atoms with Gasteiger partial charge in [-0.05, 0) is 51.4 Å². The molecule has 83 heavy (non-hydrogen) atoms. The van der Waals surface area contributed by atoms with E-state index in [4.69, 9.17) is 43.0 Å². The fraction of sp³-hybridized carbons (Fsp3) is 0.855. The van der Waals surface area contributed by atoms with Crippen molar-refractivity contribution in [3.05, 3.63) is 0 Å². The van der Waals surface area contributed by atoms with Crippen molar-refractivity contribution in [1.82, 2.24) is 37.2 Å². The van der Waals surface area contributed by atoms with Gasteiger partial charge in [0, 0.05) is 91.8 Å². The second-order valence-corrected chi connectivity index (χ2v) is 21.8. The number of amides is 7. The number of aliphatic carboxylic acids is 1. The lowest BCUT2D eigenvalue weighted by atomic mass is 9.88. The smallest absolute Gasteiger partial charge is 0.303 e. The van der Waals surface area contributed by atoms with E-state index in [1.165, 1.54) is 13.8 Å². The molecule has 4 aliphatic rings. The molecule has 0 saturated carbocycles. The Kier molecular flexibility index (Phi) is 33.3. The number of nitrogens with one attached hydrogen (secondary N) is 7. The first-order chi connectivity index (χ1) is 39.8. The van der Waals surface area contributed by atoms with Crippen LogP contribution < -0.4 is 37.2 Å². The van der Waals surface area contributed by atoms with Gasteiger partial charge < -0.3 is 101 Å². The Morgan fingerprint density at radius 3 is 1.22 bits per heavy atom. The van der Waals surface area contributed by atoms with E-state index in [-0.39, 0.29) is 128 Å². The summed E-state index contributed by atoms with van der Waals surface area (Å²) in [7, 11) is 0. The fourth-order valence-electron chi connectivity index (χ4n) is 9.89. The highest BCUT2D eigenvalue weighted by atomic mass is 16.8. The highest BCUT2D eigenvalue weighted by Crippen LogP contribution is 2.38. The van der Waals surface area contributed by atoms with Crippen LogP contribution in [0.25, 0.3) is 0 Å². The van der Waals surface area contributed by atoms with E-state index in [1.807, 2.05) is 0 Å². The van der Waals surface area contributed by atoms with Gasteiger partial charge in [0.1, 0.15) is 47.7 Å². The summed E-state index contributed by atoms with van der Waals surface area (Å²) in [4.78, 5) is 96.4. The Morgan fingerprint density at radius 2 is 0.819 bits per heavy atom. The van der Waals surface area contributed by atoms with Crippen LogP contribution >= 0.6 is 0 Å². The van der Waals surface area contributed by atoms with Crippen LogP contribution in [0.3, 0.4) is 0 Å². The van der Waals surface area contributed by atoms with Crippen molar-refractivity contribution in [1.29, 1.82) is 0 Å². The number of ether oxygens (including phenoxy) is 8. The van der Waals surface area contributed by atoms with E-state index in [0.717, 1.165) is 38.5 Å². The first-order valence-corrected chi connectivity index (χ1v) is 29.6. The maximum atomic E-state index is 12.9. The van der Waals surface area contributed by atoms with Gasteiger partial charge in [-0.2, -0.15) is 0 Å². The molecule has 12 N–H and O–H groups in total. The van der Waals surface area contributed by atoms with Crippen LogP contribution in [0.4, 0.5) is 0 Å². The predicted octanol–water partition coefficient (Wildman–Crippen LogP) is -1.41. The van der Waals surface area contributed by atoms with Crippen LogP contribution in [0.2, 0.25) is 0 Å². The van der Waals surface area contributed by atoms with Crippen LogP contribution in [0.15, 0.2) is 0 Å². The largest absolute Gasteiger partial charge is 0.481 e. The van der Waals surface area contributed by atoms with E-state index < -0.39 is 84.1 Å². The van der Waals surface area contributed by atoms with Gasteiger partial charge in [0.05, 0.1) is 58.9 Å². The average Bonchev–Trinajstić information content (AvgIpc) is 3.61. The number of carbonyl (C=O) groups excluding carboxylic acids is 7. The Balaban J connectivity index is 1.01. The van der Waals surface area contributed by atoms with Crippen LogP contribution in [-0.2, 0) is 76.3 Å². The van der Waals surface area contributed by atoms with Crippen molar-refractivity contribution in [3.8, 4) is 0 Å². The van der Waals surface area contributed by atoms with E-state index in [1.54, 1.807) is 0 Å². The summed E-state index contributed by atoms with van der Waals surface area (Å²) in [6.45, 7) is 4.72. The molecule has 0 aliphatic carbocycles. The third kappa shape index (κ3) is 26.6. The van der Waals surface area contributed by atoms with Gasteiger partial charge in [0.25, 0.3) is 0 Å². The van der Waals surface area contributed by atoms with Crippen LogP contribution in [0.5, 0.6) is 0 Å². The summed E-state index contributed by atoms with van der Waals surface area (Å²) in [5.41, 5.74) is -2.52. The number of unbranched alkanes of at least 4 members (excludes halogenated alkanes) is 9. The second-order valence-electron chi connectivity index (χ2n) is 21.8. The Bertz CT molecular complexity index is 1880. The normalized spacial score (nSPS) is 25.5. The topological polar surface area (TPSA) is 396 Å². The zero-order chi connectivity index (χ0) is 60.5. The quantitative estimate of drug-likeness (QED) is 0.0312. The molecule has 4 heterocycles. The van der Waals surface area contributed by atoms with E-state index >= 15 is 0 Å². The van der Waals surface area contributed by atoms with Crippen LogP contribution in [-0.4, -0.2) is 231 Å². The summed E-state index contributed by atoms with van der Waals surface area (Å²) < 4.78 is 45.7. The molecule has 0 aromatic carbocycles. The van der Waals surface area contributed by atoms with Gasteiger partial charge in [-0.1, -0.05) is 38.5 Å². The lowest BCUT2D eigenvalue weighted by molar-refractivity contribution is -0.237. The summed E-state index contributed by atoms with van der Waals surface area (Å²) in [6, 6.07) is -2.35. The number of fused-ring (bicyclic) bond motifs is 4. The van der Waals surface area contributed by atoms with Crippen LogP contribution in [0, 0.1) is 0 Å². The predicted molar refractivity (Wildman–Crippen MR) is 294 cm³/mol. The van der Waals surface area contributed by atoms with Crippen LogP contribution in [0.1, 0.15) is 142 Å². The van der Waals surface area contributed by atoms with Gasteiger partial charge >= 0.3 is 5.97 Å². The van der Waals surface area contributed by atoms with Crippen molar-refractivity contribution < 1.29 is 102 Å². The van der Waals surface area contributed by atoms with Gasteiger partial charge in [-0.25, -0.2) is 0 Å². The molecule has 4 saturated heterocycles. The second kappa shape index (κ2) is 39.1. The molecule has 28 heteroatoms. The summed E-state index contributed by atoms with van der Waals surface area (Å²) in [6.07, 6.45) is 4.38. The van der Waals surface area contributed by atoms with Crippen molar-refractivity contribution >= 4 is 47.3 Å². The number of aliphatic hydroxyl groups excluding tert-OH is 4. The third-order valence-electron chi connectivity index (χ3n) is 14.5. The zero-order valence-corrected chi connectivity index (χ0v) is 48.5. The molecule has 7 amide bonds. The van der Waals surface area contributed by atoms with Gasteiger partial charge in [-0.3, -0.25) is 38.4 Å². The Hall–Kier alpha value is -4.72. The van der Waals surface area contributed by atoms with Crippen molar-refractivity contribution in [2.24, 2.45) is 0 Å². The molecular formula is C55H95N7O21. The standard InChI is InChI=1S/C55H95N7O21/c1-37(63)60-46-48(72)50(74)54(35-80-52(46)82-54)33-78-27-13-11-17-40(65)56-23-15-25-58-42(67)21-29-76-31-39(62-44(69)19-9-7-5-3-4-6-8-10-20-45(70)71)32-77-30-22-43(68)59-26-16-24-57-41(66)18-12-14-28-79-34-55-36-81-53(83-55)47(61-38(2)64)49(73)51(55)75/h39,46-53,72-75H,3-36H2,1-2H3,(H,56,65)(H,57,66)(H,58,67)(H,59,68)(H,60,63)(H,61,64)(H,62,69)(H,70,71)/t46-,47-,48-,49-,50-,51-,52+,53+,54+,55+/m1/s1. The SMILES string of the molecule is CC(=O)N[C@H]1[C@H]2OC[C@](COCCCCC(=O)NCCCNC(=O)CCOCC(COCCC(=O)NCCCNC(=O)CCCCOC[C@@]34CO[C@@H](O3)[C@H](NC(C)=O)[C@@H](O)[C@H]4O)NC(=O)CCCCCCCCCCC(=O)O)(O2)[C@H](O)[C@@H]1O. The number of hydrogen-bond acceptors (Lipinski definition) is 20. The fourth-order valence-corrected chi connectivity index (χ4v) is 9.89. The molecule has 28 nitrogen and oxygen atoms in total. The number of carboxylic acid groups (broad SMARTS) is 1. The zero-order valence-electron chi connectivity index (χ0n) is 48.5. The summed E-state index contributed by atoms with van der Waals surface area (Å²) in [5.74, 6) is -2.53. The average molecular weight is 1190 g/mol. The van der Waals surface area contributed by atoms with Crippen molar-refractivity contribution in [2.75, 3.05) is 92.2 Å². The maximum Gasteiger partial charge on any atom is 0.303 e. The molecule has 0 radical (unpaired) electrons. The molecule has 4 fully saturated rings. The monoisotopic (exact) mass is 1190 g/mol. The minimum absolute atomic E-state index is 0.0106. The minimum Gasteiger partial charge on any atom is -0.481 e. The molecule has 10 atom stereocenters. The molecule has 0 unspecified atom stereocenters. The lowest BCUT2D eigenvalue weighted by Crippen LogP contribution is -2.66. The molecule has 0 aromatic heterocycles. The Labute approximate surface area is 485 Å². The summed E-state index contributed by atoms with van der Waals surface area (Å²) >= 11 is 0. The van der Waals surface area contributed by atoms with Gasteiger partial charge in [-0.15, -0.1) is 0 Å². The molecule has 4 rings (SSSR count). The molecule has 0 aromatic rings. The molecule has 0 spiro atoms. The minimum atomic E-state index is -1.34. The third-order valence-corrected chi connectivity index (χ3v) is 14.5. The number of hydrogen-bond donors (Lipinski definition) is 12. The number of aliphatic hydroxyl groups is 4. The van der Waals surface area contributed by atoms with E-state index in [2.05, 4.69) is 37.2 Å². The first kappa shape index (κ1) is 70.8. The first-order valence-electron chi connectivity index (χ1n) is 29.6. The highest BCUT2D eigenvalue weighted by Gasteiger charge is 2.61. The molecule has 4 aliphatic heterocycles. The van der Waals surface area contributed by atoms with Gasteiger partial charge in [0.2, 0.25) is 41.4 Å². The van der Waals surface area contributed by atoms with Crippen molar-refractivity contribution in [2.45, 2.75) is 209 Å². The number of carbonyl (C=O) groups is 8. The molecule has 476 valence electrons. The van der Waals surface area contributed by atoms with E-state index in [9.17, 15) is 58.8 Å². The number of rotatable bonds is 46. The van der Waals surface area contributed by atoms with Gasteiger partial charge in [0.15, 0.2) is 12.6 Å².